The van der Waals surface area contributed by atoms with Crippen molar-refractivity contribution in [3.63, 3.8) is 0 Å². The molecule has 2 aromatic rings. The number of benzene rings is 1. The largest absolute Gasteiger partial charge is 0.497 e. The van der Waals surface area contributed by atoms with Gasteiger partial charge >= 0.3 is 0 Å². The van der Waals surface area contributed by atoms with Crippen LogP contribution in [0.5, 0.6) is 11.5 Å². The van der Waals surface area contributed by atoms with Crippen molar-refractivity contribution in [3.8, 4) is 11.5 Å². The third-order valence-corrected chi connectivity index (χ3v) is 2.92. The van der Waals surface area contributed by atoms with Gasteiger partial charge in [-0.15, -0.1) is 0 Å². The van der Waals surface area contributed by atoms with Crippen molar-refractivity contribution < 1.29 is 9.47 Å². The average Bonchev–Trinajstić information content (AvgIpc) is 2.44. The lowest BCUT2D eigenvalue weighted by molar-refractivity contribution is 0.391. The molecule has 0 aliphatic rings. The third-order valence-electron chi connectivity index (χ3n) is 2.92. The van der Waals surface area contributed by atoms with Crippen LogP contribution in [0.15, 0.2) is 18.2 Å². The number of nitrogen functional groups attached to an aromatic ring is 3. The average molecular weight is 275 g/mol. The molecule has 0 saturated carbocycles. The van der Waals surface area contributed by atoms with E-state index in [1.165, 1.54) is 0 Å². The topological polar surface area (TPSA) is 122 Å². The quantitative estimate of drug-likeness (QED) is 0.755. The van der Waals surface area contributed by atoms with E-state index in [9.17, 15) is 0 Å². The van der Waals surface area contributed by atoms with Gasteiger partial charge < -0.3 is 26.7 Å². The van der Waals surface area contributed by atoms with Gasteiger partial charge in [0.05, 0.1) is 25.6 Å². The van der Waals surface area contributed by atoms with Crippen LogP contribution in [0.3, 0.4) is 0 Å². The van der Waals surface area contributed by atoms with Crippen LogP contribution in [0, 0.1) is 0 Å². The van der Waals surface area contributed by atoms with E-state index in [2.05, 4.69) is 9.97 Å². The van der Waals surface area contributed by atoms with Gasteiger partial charge in [-0.3, -0.25) is 0 Å². The highest BCUT2D eigenvalue weighted by atomic mass is 16.5. The summed E-state index contributed by atoms with van der Waals surface area (Å²) in [6.45, 7) is 0. The third kappa shape index (κ3) is 2.66. The summed E-state index contributed by atoms with van der Waals surface area (Å²) >= 11 is 0. The second-order valence-electron chi connectivity index (χ2n) is 4.18. The number of hydrogen-bond donors (Lipinski definition) is 3. The molecule has 1 aromatic carbocycles. The molecule has 1 aromatic heterocycles. The van der Waals surface area contributed by atoms with Gasteiger partial charge in [-0.25, -0.2) is 4.98 Å². The van der Waals surface area contributed by atoms with Gasteiger partial charge in [0.25, 0.3) is 0 Å². The van der Waals surface area contributed by atoms with E-state index in [1.807, 2.05) is 12.1 Å². The Hall–Kier alpha value is -2.70. The molecule has 7 heteroatoms. The van der Waals surface area contributed by atoms with Crippen LogP contribution in [-0.2, 0) is 6.42 Å². The highest BCUT2D eigenvalue weighted by Gasteiger charge is 2.12. The molecule has 7 nitrogen and oxygen atoms in total. The van der Waals surface area contributed by atoms with E-state index in [0.717, 1.165) is 5.56 Å². The highest BCUT2D eigenvalue weighted by molar-refractivity contribution is 5.63. The van der Waals surface area contributed by atoms with Gasteiger partial charge in [-0.2, -0.15) is 4.98 Å². The number of hydrogen-bond acceptors (Lipinski definition) is 7. The minimum Gasteiger partial charge on any atom is -0.497 e. The van der Waals surface area contributed by atoms with Crippen molar-refractivity contribution in [3.05, 3.63) is 29.5 Å². The molecule has 2 rings (SSSR count). The predicted molar refractivity (Wildman–Crippen MR) is 77.6 cm³/mol. The lowest BCUT2D eigenvalue weighted by Gasteiger charge is -2.12. The predicted octanol–water partition coefficient (Wildman–Crippen LogP) is 0.831. The first-order valence-electron chi connectivity index (χ1n) is 5.93. The number of aromatic nitrogens is 2. The molecule has 20 heavy (non-hydrogen) atoms. The first-order chi connectivity index (χ1) is 9.55. The van der Waals surface area contributed by atoms with Crippen molar-refractivity contribution in [2.24, 2.45) is 0 Å². The van der Waals surface area contributed by atoms with E-state index in [-0.39, 0.29) is 11.8 Å². The van der Waals surface area contributed by atoms with E-state index in [0.29, 0.717) is 29.3 Å². The molecule has 0 aliphatic carbocycles. The van der Waals surface area contributed by atoms with Gasteiger partial charge in [-0.1, -0.05) is 6.07 Å². The molecule has 0 saturated heterocycles. The second-order valence-corrected chi connectivity index (χ2v) is 4.18. The molecular weight excluding hydrogens is 258 g/mol. The van der Waals surface area contributed by atoms with Crippen LogP contribution < -0.4 is 26.7 Å². The van der Waals surface area contributed by atoms with Crippen molar-refractivity contribution in [1.29, 1.82) is 0 Å². The zero-order chi connectivity index (χ0) is 14.7. The summed E-state index contributed by atoms with van der Waals surface area (Å²) in [6.07, 6.45) is 0.440. The number of anilines is 3. The molecule has 6 N–H and O–H groups in total. The summed E-state index contributed by atoms with van der Waals surface area (Å²) in [4.78, 5) is 7.94. The Morgan fingerprint density at radius 3 is 2.45 bits per heavy atom. The van der Waals surface area contributed by atoms with Crippen LogP contribution in [-0.4, -0.2) is 24.2 Å². The smallest absolute Gasteiger partial charge is 0.222 e. The molecule has 0 spiro atoms. The maximum atomic E-state index is 5.88. The molecular formula is C13H17N5O2. The van der Waals surface area contributed by atoms with Gasteiger partial charge in [0.1, 0.15) is 11.5 Å². The van der Waals surface area contributed by atoms with Gasteiger partial charge in [0.2, 0.25) is 5.95 Å². The van der Waals surface area contributed by atoms with Crippen LogP contribution in [0.2, 0.25) is 0 Å². The fraction of sp³-hybridized carbons (Fsp3) is 0.231. The minimum absolute atomic E-state index is 0.0965. The summed E-state index contributed by atoms with van der Waals surface area (Å²) in [5, 5.41) is 0. The molecule has 106 valence electrons. The molecule has 0 amide bonds. The lowest BCUT2D eigenvalue weighted by Crippen LogP contribution is -2.09. The summed E-state index contributed by atoms with van der Waals surface area (Å²) in [6, 6.07) is 5.51. The molecule has 0 bridgehead atoms. The Bertz CT molecular complexity index is 630. The van der Waals surface area contributed by atoms with E-state index >= 15 is 0 Å². The Balaban J connectivity index is 2.39. The fourth-order valence-corrected chi connectivity index (χ4v) is 1.87. The Morgan fingerprint density at radius 1 is 1.05 bits per heavy atom. The number of ether oxygens (including phenoxy) is 2. The Labute approximate surface area is 116 Å². The van der Waals surface area contributed by atoms with E-state index in [4.69, 9.17) is 26.7 Å². The van der Waals surface area contributed by atoms with E-state index < -0.39 is 0 Å². The van der Waals surface area contributed by atoms with Crippen LogP contribution in [0.1, 0.15) is 11.3 Å². The highest BCUT2D eigenvalue weighted by Crippen LogP contribution is 2.28. The summed E-state index contributed by atoms with van der Waals surface area (Å²) in [5.74, 6) is 1.67. The van der Waals surface area contributed by atoms with Gasteiger partial charge in [0.15, 0.2) is 5.82 Å². The summed E-state index contributed by atoms with van der Waals surface area (Å²) in [7, 11) is 3.18. The van der Waals surface area contributed by atoms with Gasteiger partial charge in [0, 0.05) is 18.1 Å². The van der Waals surface area contributed by atoms with Gasteiger partial charge in [-0.05, 0) is 6.07 Å². The first kappa shape index (κ1) is 13.7. The van der Waals surface area contributed by atoms with Crippen molar-refractivity contribution in [1.82, 2.24) is 9.97 Å². The number of rotatable bonds is 4. The minimum atomic E-state index is 0.0965. The molecule has 1 heterocycles. The lowest BCUT2D eigenvalue weighted by atomic mass is 10.1. The van der Waals surface area contributed by atoms with Crippen molar-refractivity contribution >= 4 is 17.5 Å². The molecule has 0 unspecified atom stereocenters. The van der Waals surface area contributed by atoms with Crippen LogP contribution >= 0.6 is 0 Å². The zero-order valence-corrected chi connectivity index (χ0v) is 11.4. The first-order valence-corrected chi connectivity index (χ1v) is 5.93. The molecule has 0 aliphatic heterocycles. The SMILES string of the molecule is COc1ccc(Cc2nc(N)nc(N)c2N)c(OC)c1. The Morgan fingerprint density at radius 2 is 1.80 bits per heavy atom. The van der Waals surface area contributed by atoms with Crippen molar-refractivity contribution in [2.45, 2.75) is 6.42 Å². The van der Waals surface area contributed by atoms with Crippen molar-refractivity contribution in [2.75, 3.05) is 31.4 Å². The standard InChI is InChI=1S/C13H17N5O2/c1-19-8-4-3-7(10(6-8)20-2)5-9-11(14)12(15)18-13(16)17-9/h3-4,6H,5,14H2,1-2H3,(H4,15,16,17,18). The molecule has 0 atom stereocenters. The fourth-order valence-electron chi connectivity index (χ4n) is 1.87. The number of methoxy groups -OCH3 is 2. The maximum absolute atomic E-state index is 5.88. The Kier molecular flexibility index (Phi) is 3.79. The van der Waals surface area contributed by atoms with Crippen LogP contribution in [0.4, 0.5) is 17.5 Å². The normalized spacial score (nSPS) is 10.3. The van der Waals surface area contributed by atoms with Crippen LogP contribution in [0.25, 0.3) is 0 Å². The molecule has 0 radical (unpaired) electrons. The summed E-state index contributed by atoms with van der Waals surface area (Å²) in [5.41, 5.74) is 18.9. The molecule has 0 fully saturated rings. The summed E-state index contributed by atoms with van der Waals surface area (Å²) < 4.78 is 10.5. The zero-order valence-electron chi connectivity index (χ0n) is 11.4. The monoisotopic (exact) mass is 275 g/mol. The maximum Gasteiger partial charge on any atom is 0.222 e. The number of nitrogens with two attached hydrogens (primary N) is 3. The number of nitrogens with zero attached hydrogens (tertiary/aromatic N) is 2. The second kappa shape index (κ2) is 5.52. The van der Waals surface area contributed by atoms with E-state index in [1.54, 1.807) is 20.3 Å².